The van der Waals surface area contributed by atoms with Gasteiger partial charge in [0.15, 0.2) is 0 Å². The SMILES string of the molecule is CCOc1ccc(NC(=O)c2ccncc2)cc1C.Cl. The van der Waals surface area contributed by atoms with Gasteiger partial charge in [0.05, 0.1) is 6.61 Å². The van der Waals surface area contributed by atoms with Crippen LogP contribution in [-0.2, 0) is 0 Å². The predicted octanol–water partition coefficient (Wildman–Crippen LogP) is 3.46. The Morgan fingerprint density at radius 3 is 2.55 bits per heavy atom. The first-order chi connectivity index (χ1) is 9.20. The molecule has 1 N–H and O–H groups in total. The number of nitrogens with zero attached hydrogens (tertiary/aromatic N) is 1. The number of aromatic nitrogens is 1. The monoisotopic (exact) mass is 292 g/mol. The van der Waals surface area contributed by atoms with E-state index in [0.717, 1.165) is 17.0 Å². The van der Waals surface area contributed by atoms with E-state index in [1.54, 1.807) is 24.5 Å². The molecule has 0 unspecified atom stereocenters. The molecule has 0 aliphatic carbocycles. The van der Waals surface area contributed by atoms with Gasteiger partial charge in [0.25, 0.3) is 5.91 Å². The Bertz CT molecular complexity index is 573. The third-order valence-electron chi connectivity index (χ3n) is 2.68. The van der Waals surface area contributed by atoms with Crippen LogP contribution in [0.15, 0.2) is 42.7 Å². The lowest BCUT2D eigenvalue weighted by molar-refractivity contribution is 0.102. The molecule has 0 saturated heterocycles. The number of aryl methyl sites for hydroxylation is 1. The number of nitrogens with one attached hydrogen (secondary N) is 1. The van der Waals surface area contributed by atoms with Gasteiger partial charge in [0, 0.05) is 23.6 Å². The van der Waals surface area contributed by atoms with Crippen LogP contribution in [0.1, 0.15) is 22.8 Å². The van der Waals surface area contributed by atoms with Crippen molar-refractivity contribution >= 4 is 24.0 Å². The Balaban J connectivity index is 0.00000200. The second kappa shape index (κ2) is 7.50. The molecule has 1 heterocycles. The number of carbonyl (C=O) groups excluding carboxylic acids is 1. The number of anilines is 1. The van der Waals surface area contributed by atoms with E-state index < -0.39 is 0 Å². The Labute approximate surface area is 124 Å². The fourth-order valence-electron chi connectivity index (χ4n) is 1.75. The normalized spacial score (nSPS) is 9.50. The molecule has 0 fully saturated rings. The van der Waals surface area contributed by atoms with E-state index in [-0.39, 0.29) is 18.3 Å². The number of hydrogen-bond acceptors (Lipinski definition) is 3. The molecule has 0 atom stereocenters. The topological polar surface area (TPSA) is 51.2 Å². The summed E-state index contributed by atoms with van der Waals surface area (Å²) in [6, 6.07) is 8.94. The average molecular weight is 293 g/mol. The molecular weight excluding hydrogens is 276 g/mol. The molecule has 20 heavy (non-hydrogen) atoms. The highest BCUT2D eigenvalue weighted by atomic mass is 35.5. The van der Waals surface area contributed by atoms with E-state index in [2.05, 4.69) is 10.3 Å². The maximum atomic E-state index is 12.0. The second-order valence-electron chi connectivity index (χ2n) is 4.10. The van der Waals surface area contributed by atoms with Crippen LogP contribution in [0.2, 0.25) is 0 Å². The van der Waals surface area contributed by atoms with Crippen molar-refractivity contribution in [3.8, 4) is 5.75 Å². The first-order valence-electron chi connectivity index (χ1n) is 6.15. The van der Waals surface area contributed by atoms with Gasteiger partial charge in [-0.1, -0.05) is 0 Å². The lowest BCUT2D eigenvalue weighted by Crippen LogP contribution is -2.12. The Kier molecular flexibility index (Phi) is 6.00. The van der Waals surface area contributed by atoms with E-state index in [1.165, 1.54) is 0 Å². The minimum Gasteiger partial charge on any atom is -0.494 e. The number of carbonyl (C=O) groups is 1. The largest absolute Gasteiger partial charge is 0.494 e. The fourth-order valence-corrected chi connectivity index (χ4v) is 1.75. The molecule has 0 bridgehead atoms. The van der Waals surface area contributed by atoms with Crippen LogP contribution in [-0.4, -0.2) is 17.5 Å². The van der Waals surface area contributed by atoms with Crippen molar-refractivity contribution in [1.82, 2.24) is 4.98 Å². The first-order valence-corrected chi connectivity index (χ1v) is 6.15. The van der Waals surface area contributed by atoms with Crippen LogP contribution in [0.4, 0.5) is 5.69 Å². The number of amides is 1. The van der Waals surface area contributed by atoms with E-state index in [1.807, 2.05) is 32.0 Å². The molecule has 0 spiro atoms. The van der Waals surface area contributed by atoms with E-state index in [4.69, 9.17) is 4.74 Å². The van der Waals surface area contributed by atoms with E-state index in [9.17, 15) is 4.79 Å². The second-order valence-corrected chi connectivity index (χ2v) is 4.10. The molecule has 1 aromatic heterocycles. The molecule has 106 valence electrons. The summed E-state index contributed by atoms with van der Waals surface area (Å²) in [6.07, 6.45) is 3.19. The van der Waals surface area contributed by atoms with Crippen LogP contribution in [0.3, 0.4) is 0 Å². The Hall–Kier alpha value is -2.07. The highest BCUT2D eigenvalue weighted by Crippen LogP contribution is 2.22. The zero-order chi connectivity index (χ0) is 13.7. The van der Waals surface area contributed by atoms with Crippen molar-refractivity contribution in [3.05, 3.63) is 53.9 Å². The van der Waals surface area contributed by atoms with Gasteiger partial charge in [-0.15, -0.1) is 12.4 Å². The van der Waals surface area contributed by atoms with Crippen molar-refractivity contribution in [1.29, 1.82) is 0 Å². The number of hydrogen-bond donors (Lipinski definition) is 1. The van der Waals surface area contributed by atoms with E-state index in [0.29, 0.717) is 12.2 Å². The molecule has 1 aromatic carbocycles. The highest BCUT2D eigenvalue weighted by molar-refractivity contribution is 6.04. The van der Waals surface area contributed by atoms with Crippen LogP contribution < -0.4 is 10.1 Å². The summed E-state index contributed by atoms with van der Waals surface area (Å²) in [7, 11) is 0. The van der Waals surface area contributed by atoms with Crippen LogP contribution in [0.5, 0.6) is 5.75 Å². The summed E-state index contributed by atoms with van der Waals surface area (Å²) in [5.74, 6) is 0.690. The Morgan fingerprint density at radius 1 is 1.25 bits per heavy atom. The Morgan fingerprint density at radius 2 is 1.95 bits per heavy atom. The van der Waals surface area contributed by atoms with Crippen molar-refractivity contribution in [2.75, 3.05) is 11.9 Å². The quantitative estimate of drug-likeness (QED) is 0.939. The van der Waals surface area contributed by atoms with Gasteiger partial charge in [-0.2, -0.15) is 0 Å². The first kappa shape index (κ1) is 16.0. The molecule has 4 nitrogen and oxygen atoms in total. The lowest BCUT2D eigenvalue weighted by atomic mass is 10.2. The summed E-state index contributed by atoms with van der Waals surface area (Å²) in [5.41, 5.74) is 2.33. The fraction of sp³-hybridized carbons (Fsp3) is 0.200. The summed E-state index contributed by atoms with van der Waals surface area (Å²) in [6.45, 7) is 4.52. The molecule has 0 saturated carbocycles. The van der Waals surface area contributed by atoms with Crippen LogP contribution in [0, 0.1) is 6.92 Å². The molecule has 2 aromatic rings. The number of rotatable bonds is 4. The summed E-state index contributed by atoms with van der Waals surface area (Å²) < 4.78 is 5.46. The minimum absolute atomic E-state index is 0. The number of halogens is 1. The zero-order valence-electron chi connectivity index (χ0n) is 11.4. The van der Waals surface area contributed by atoms with Gasteiger partial charge < -0.3 is 10.1 Å². The molecule has 5 heteroatoms. The number of benzene rings is 1. The molecule has 0 aliphatic rings. The van der Waals surface area contributed by atoms with Crippen molar-refractivity contribution in [3.63, 3.8) is 0 Å². The smallest absolute Gasteiger partial charge is 0.255 e. The summed E-state index contributed by atoms with van der Waals surface area (Å²) in [5, 5.41) is 2.85. The molecule has 0 aliphatic heterocycles. The maximum Gasteiger partial charge on any atom is 0.255 e. The lowest BCUT2D eigenvalue weighted by Gasteiger charge is -2.10. The van der Waals surface area contributed by atoms with Crippen molar-refractivity contribution in [2.24, 2.45) is 0 Å². The van der Waals surface area contributed by atoms with Gasteiger partial charge in [-0.3, -0.25) is 9.78 Å². The average Bonchev–Trinajstić information content (AvgIpc) is 2.43. The van der Waals surface area contributed by atoms with Crippen LogP contribution >= 0.6 is 12.4 Å². The molecular formula is C15H17ClN2O2. The standard InChI is InChI=1S/C15H16N2O2.ClH/c1-3-19-14-5-4-13(10-11(14)2)17-15(18)12-6-8-16-9-7-12;/h4-10H,3H2,1-2H3,(H,17,18);1H. The van der Waals surface area contributed by atoms with Crippen LogP contribution in [0.25, 0.3) is 0 Å². The van der Waals surface area contributed by atoms with Gasteiger partial charge in [-0.05, 0) is 49.7 Å². The van der Waals surface area contributed by atoms with Gasteiger partial charge in [0.2, 0.25) is 0 Å². The molecule has 2 rings (SSSR count). The molecule has 0 radical (unpaired) electrons. The molecule has 1 amide bonds. The highest BCUT2D eigenvalue weighted by Gasteiger charge is 2.06. The minimum atomic E-state index is -0.147. The number of ether oxygens (including phenoxy) is 1. The van der Waals surface area contributed by atoms with Crippen molar-refractivity contribution in [2.45, 2.75) is 13.8 Å². The summed E-state index contributed by atoms with van der Waals surface area (Å²) >= 11 is 0. The predicted molar refractivity (Wildman–Crippen MR) is 81.8 cm³/mol. The zero-order valence-corrected chi connectivity index (χ0v) is 12.2. The third kappa shape index (κ3) is 3.96. The number of pyridine rings is 1. The summed E-state index contributed by atoms with van der Waals surface area (Å²) in [4.78, 5) is 15.9. The maximum absolute atomic E-state index is 12.0. The van der Waals surface area contributed by atoms with Gasteiger partial charge in [0.1, 0.15) is 5.75 Å². The van der Waals surface area contributed by atoms with Gasteiger partial charge >= 0.3 is 0 Å². The van der Waals surface area contributed by atoms with Gasteiger partial charge in [-0.25, -0.2) is 0 Å². The van der Waals surface area contributed by atoms with Crippen molar-refractivity contribution < 1.29 is 9.53 Å². The third-order valence-corrected chi connectivity index (χ3v) is 2.68. The van der Waals surface area contributed by atoms with E-state index >= 15 is 0 Å².